The summed E-state index contributed by atoms with van der Waals surface area (Å²) in [5, 5.41) is 10.9. The first-order valence-corrected chi connectivity index (χ1v) is 11.2. The third-order valence-electron chi connectivity index (χ3n) is 5.16. The van der Waals surface area contributed by atoms with Gasteiger partial charge in [0.05, 0.1) is 20.7 Å². The number of fused-ring (bicyclic) bond motifs is 1. The molecule has 2 aromatic heterocycles. The van der Waals surface area contributed by atoms with Gasteiger partial charge in [-0.05, 0) is 43.3 Å². The quantitative estimate of drug-likeness (QED) is 0.389. The minimum atomic E-state index is -1.22. The molecule has 1 aliphatic heterocycles. The Kier molecular flexibility index (Phi) is 4.87. The van der Waals surface area contributed by atoms with E-state index in [0.29, 0.717) is 15.1 Å². The predicted octanol–water partition coefficient (Wildman–Crippen LogP) is 5.73. The number of rotatable bonds is 4. The normalized spacial score (nSPS) is 16.4. The summed E-state index contributed by atoms with van der Waals surface area (Å²) in [4.78, 5) is 33.2. The summed E-state index contributed by atoms with van der Waals surface area (Å²) in [5.41, 5.74) is 0.277. The molecule has 0 bridgehead atoms. The SMILES string of the molecule is Cc1ccc(C(=O)C2=C(O)C(=O)N(c3nc4ccc(F)cc4s3)C2c2ccccc2F)s1. The van der Waals surface area contributed by atoms with Crippen molar-refractivity contribution < 1.29 is 23.5 Å². The Morgan fingerprint density at radius 1 is 1.09 bits per heavy atom. The number of aliphatic hydroxyl groups is 1. The molecule has 5 nitrogen and oxygen atoms in total. The second-order valence-corrected chi connectivity index (χ2v) is 9.51. The zero-order valence-electron chi connectivity index (χ0n) is 16.5. The van der Waals surface area contributed by atoms with Gasteiger partial charge in [-0.1, -0.05) is 29.5 Å². The molecule has 9 heteroatoms. The molecule has 1 aliphatic rings. The molecule has 1 N–H and O–H groups in total. The third-order valence-corrected chi connectivity index (χ3v) is 7.18. The highest BCUT2D eigenvalue weighted by molar-refractivity contribution is 7.22. The molecule has 3 heterocycles. The summed E-state index contributed by atoms with van der Waals surface area (Å²) < 4.78 is 29.0. The predicted molar refractivity (Wildman–Crippen MR) is 119 cm³/mol. The maximum absolute atomic E-state index is 14.9. The van der Waals surface area contributed by atoms with Gasteiger partial charge < -0.3 is 5.11 Å². The highest BCUT2D eigenvalue weighted by atomic mass is 32.1. The average molecular weight is 469 g/mol. The van der Waals surface area contributed by atoms with Crippen molar-refractivity contribution in [2.75, 3.05) is 4.90 Å². The van der Waals surface area contributed by atoms with Crippen LogP contribution in [-0.2, 0) is 4.79 Å². The molecule has 2 aromatic carbocycles. The van der Waals surface area contributed by atoms with Gasteiger partial charge in [0.1, 0.15) is 17.7 Å². The molecule has 0 radical (unpaired) electrons. The van der Waals surface area contributed by atoms with Crippen molar-refractivity contribution in [1.29, 1.82) is 0 Å². The number of Topliss-reactive ketones (excluding diaryl/α,β-unsaturated/α-hetero) is 1. The lowest BCUT2D eigenvalue weighted by atomic mass is 9.95. The molecule has 1 atom stereocenters. The second-order valence-electron chi connectivity index (χ2n) is 7.21. The largest absolute Gasteiger partial charge is 0.503 e. The maximum atomic E-state index is 14.9. The smallest absolute Gasteiger partial charge is 0.296 e. The number of anilines is 1. The molecule has 5 rings (SSSR count). The molecule has 0 saturated carbocycles. The number of aryl methyl sites for hydroxylation is 1. The first-order valence-electron chi connectivity index (χ1n) is 9.53. The van der Waals surface area contributed by atoms with Crippen LogP contribution in [0, 0.1) is 18.6 Å². The van der Waals surface area contributed by atoms with Gasteiger partial charge in [-0.3, -0.25) is 14.5 Å². The van der Waals surface area contributed by atoms with E-state index in [1.807, 2.05) is 6.92 Å². The number of ketones is 1. The van der Waals surface area contributed by atoms with Gasteiger partial charge in [0.15, 0.2) is 10.9 Å². The van der Waals surface area contributed by atoms with E-state index in [1.54, 1.807) is 18.2 Å². The van der Waals surface area contributed by atoms with E-state index < -0.39 is 35.1 Å². The fourth-order valence-electron chi connectivity index (χ4n) is 3.70. The molecule has 0 fully saturated rings. The van der Waals surface area contributed by atoms with E-state index >= 15 is 0 Å². The van der Waals surface area contributed by atoms with E-state index in [2.05, 4.69) is 4.98 Å². The monoisotopic (exact) mass is 468 g/mol. The minimum Gasteiger partial charge on any atom is -0.503 e. The lowest BCUT2D eigenvalue weighted by Crippen LogP contribution is -2.31. The maximum Gasteiger partial charge on any atom is 0.296 e. The first kappa shape index (κ1) is 20.5. The Morgan fingerprint density at radius 3 is 2.59 bits per heavy atom. The van der Waals surface area contributed by atoms with E-state index in [1.165, 1.54) is 47.7 Å². The molecule has 1 amide bonds. The molecule has 0 saturated heterocycles. The second kappa shape index (κ2) is 7.61. The van der Waals surface area contributed by atoms with Crippen LogP contribution in [-0.4, -0.2) is 21.8 Å². The van der Waals surface area contributed by atoms with Crippen LogP contribution in [0.1, 0.15) is 26.2 Å². The third kappa shape index (κ3) is 3.21. The van der Waals surface area contributed by atoms with Crippen LogP contribution >= 0.6 is 22.7 Å². The Labute approximate surface area is 188 Å². The molecule has 0 spiro atoms. The minimum absolute atomic E-state index is 0.0481. The molecule has 1 unspecified atom stereocenters. The molecule has 4 aromatic rings. The van der Waals surface area contributed by atoms with E-state index in [4.69, 9.17) is 0 Å². The van der Waals surface area contributed by atoms with E-state index in [-0.39, 0.29) is 16.3 Å². The molecule has 160 valence electrons. The van der Waals surface area contributed by atoms with Gasteiger partial charge in [-0.2, -0.15) is 0 Å². The van der Waals surface area contributed by atoms with Crippen molar-refractivity contribution in [1.82, 2.24) is 4.98 Å². The molecular weight excluding hydrogens is 454 g/mol. The first-order chi connectivity index (χ1) is 15.3. The fourth-order valence-corrected chi connectivity index (χ4v) is 5.54. The van der Waals surface area contributed by atoms with Crippen molar-refractivity contribution in [2.45, 2.75) is 13.0 Å². The van der Waals surface area contributed by atoms with Gasteiger partial charge in [-0.25, -0.2) is 13.8 Å². The van der Waals surface area contributed by atoms with E-state index in [0.717, 1.165) is 21.1 Å². The zero-order valence-corrected chi connectivity index (χ0v) is 18.1. The van der Waals surface area contributed by atoms with Gasteiger partial charge in [0.2, 0.25) is 5.78 Å². The van der Waals surface area contributed by atoms with Crippen LogP contribution in [0.3, 0.4) is 0 Å². The Hall–Kier alpha value is -3.43. The topological polar surface area (TPSA) is 70.5 Å². The number of amides is 1. The number of carbonyl (C=O) groups is 2. The number of hydrogen-bond donors (Lipinski definition) is 1. The average Bonchev–Trinajstić information content (AvgIpc) is 3.44. The van der Waals surface area contributed by atoms with Crippen molar-refractivity contribution in [3.8, 4) is 0 Å². The lowest BCUT2D eigenvalue weighted by Gasteiger charge is -2.24. The van der Waals surface area contributed by atoms with Crippen LogP contribution < -0.4 is 4.90 Å². The highest BCUT2D eigenvalue weighted by Gasteiger charge is 2.47. The number of benzene rings is 2. The summed E-state index contributed by atoms with van der Waals surface area (Å²) in [5.74, 6) is -3.27. The van der Waals surface area contributed by atoms with Crippen molar-refractivity contribution in [3.63, 3.8) is 0 Å². The van der Waals surface area contributed by atoms with Crippen LogP contribution in [0.15, 0.2) is 65.9 Å². The Balaban J connectivity index is 1.70. The van der Waals surface area contributed by atoms with Crippen LogP contribution in [0.25, 0.3) is 10.2 Å². The Morgan fingerprint density at radius 2 is 1.88 bits per heavy atom. The number of nitrogens with zero attached hydrogens (tertiary/aromatic N) is 2. The summed E-state index contributed by atoms with van der Waals surface area (Å²) >= 11 is 2.23. The standard InChI is InChI=1S/C23H14F2N2O3S2/c1-11-6-9-16(31-11)20(28)18-19(13-4-2-3-5-14(13)25)27(22(30)21(18)29)23-26-15-8-7-12(24)10-17(15)32-23/h2-10,19,29H,1H3. The number of aromatic nitrogens is 1. The zero-order chi connectivity index (χ0) is 22.6. The summed E-state index contributed by atoms with van der Waals surface area (Å²) in [6.07, 6.45) is 0. The molecule has 32 heavy (non-hydrogen) atoms. The number of thiophene rings is 1. The Bertz CT molecular complexity index is 1440. The number of halogens is 2. The van der Waals surface area contributed by atoms with Crippen LogP contribution in [0.5, 0.6) is 0 Å². The summed E-state index contributed by atoms with van der Waals surface area (Å²) in [7, 11) is 0. The summed E-state index contributed by atoms with van der Waals surface area (Å²) in [6.45, 7) is 1.83. The van der Waals surface area contributed by atoms with Crippen molar-refractivity contribution in [3.05, 3.63) is 92.9 Å². The number of thiazole rings is 1. The van der Waals surface area contributed by atoms with Crippen molar-refractivity contribution >= 4 is 49.7 Å². The number of carbonyl (C=O) groups excluding carboxylic acids is 2. The molecular formula is C23H14F2N2O3S2. The van der Waals surface area contributed by atoms with Crippen LogP contribution in [0.2, 0.25) is 0 Å². The summed E-state index contributed by atoms with van der Waals surface area (Å²) in [6, 6.07) is 11.9. The number of hydrogen-bond acceptors (Lipinski definition) is 6. The van der Waals surface area contributed by atoms with Crippen LogP contribution in [0.4, 0.5) is 13.9 Å². The molecule has 0 aliphatic carbocycles. The van der Waals surface area contributed by atoms with Gasteiger partial charge in [-0.15, -0.1) is 11.3 Å². The van der Waals surface area contributed by atoms with Gasteiger partial charge in [0.25, 0.3) is 5.91 Å². The number of aliphatic hydroxyl groups excluding tert-OH is 1. The lowest BCUT2D eigenvalue weighted by molar-refractivity contribution is -0.117. The van der Waals surface area contributed by atoms with Gasteiger partial charge >= 0.3 is 0 Å². The van der Waals surface area contributed by atoms with Crippen molar-refractivity contribution in [2.24, 2.45) is 0 Å². The van der Waals surface area contributed by atoms with E-state index in [9.17, 15) is 23.5 Å². The van der Waals surface area contributed by atoms with Gasteiger partial charge in [0, 0.05) is 10.4 Å². The highest BCUT2D eigenvalue weighted by Crippen LogP contribution is 2.45. The fraction of sp³-hybridized carbons (Fsp3) is 0.0870.